The summed E-state index contributed by atoms with van der Waals surface area (Å²) >= 11 is 5.79. The average molecular weight is 251 g/mol. The van der Waals surface area contributed by atoms with Gasteiger partial charge in [0.2, 0.25) is 5.28 Å². The molecule has 0 amide bonds. The molecular formula is C9H7ClN6O. The minimum atomic E-state index is 0.146. The lowest BCUT2D eigenvalue weighted by Gasteiger charge is -2.03. The molecule has 3 aromatic heterocycles. The molecule has 3 aromatic rings. The first-order chi connectivity index (χ1) is 8.33. The number of nitrogens with zero attached hydrogens (tertiary/aromatic N) is 4. The van der Waals surface area contributed by atoms with Gasteiger partial charge in [-0.2, -0.15) is 9.97 Å². The maximum absolute atomic E-state index is 5.79. The first kappa shape index (κ1) is 10.0. The minimum Gasteiger partial charge on any atom is -0.364 e. The van der Waals surface area contributed by atoms with Gasteiger partial charge in [0.1, 0.15) is 17.5 Å². The second-order valence-electron chi connectivity index (χ2n) is 3.29. The van der Waals surface area contributed by atoms with Crippen LogP contribution in [0.4, 0.5) is 5.82 Å². The normalized spacial score (nSPS) is 10.9. The van der Waals surface area contributed by atoms with Crippen LogP contribution in [-0.4, -0.2) is 25.1 Å². The van der Waals surface area contributed by atoms with Gasteiger partial charge in [-0.25, -0.2) is 4.98 Å². The maximum Gasteiger partial charge on any atom is 0.226 e. The summed E-state index contributed by atoms with van der Waals surface area (Å²) < 4.78 is 4.73. The number of halogens is 1. The van der Waals surface area contributed by atoms with Gasteiger partial charge in [0.25, 0.3) is 0 Å². The predicted molar refractivity (Wildman–Crippen MR) is 60.5 cm³/mol. The van der Waals surface area contributed by atoms with E-state index in [0.717, 1.165) is 5.69 Å². The molecule has 17 heavy (non-hydrogen) atoms. The van der Waals surface area contributed by atoms with Crippen LogP contribution < -0.4 is 5.32 Å². The van der Waals surface area contributed by atoms with Crippen LogP contribution in [0.25, 0.3) is 11.2 Å². The summed E-state index contributed by atoms with van der Waals surface area (Å²) in [6, 6.07) is 1.76. The topological polar surface area (TPSA) is 92.5 Å². The van der Waals surface area contributed by atoms with Gasteiger partial charge in [-0.05, 0) is 11.6 Å². The molecule has 0 atom stereocenters. The molecule has 2 N–H and O–H groups in total. The molecule has 0 radical (unpaired) electrons. The van der Waals surface area contributed by atoms with Crippen molar-refractivity contribution in [1.82, 2.24) is 25.1 Å². The van der Waals surface area contributed by atoms with Gasteiger partial charge in [-0.3, -0.25) is 0 Å². The number of anilines is 1. The van der Waals surface area contributed by atoms with Gasteiger partial charge in [-0.1, -0.05) is 5.16 Å². The molecule has 0 unspecified atom stereocenters. The van der Waals surface area contributed by atoms with Crippen LogP contribution in [0.5, 0.6) is 0 Å². The highest BCUT2D eigenvalue weighted by Gasteiger charge is 2.08. The smallest absolute Gasteiger partial charge is 0.226 e. The molecule has 0 aliphatic rings. The molecule has 0 aliphatic heterocycles. The Morgan fingerprint density at radius 3 is 3.18 bits per heavy atom. The van der Waals surface area contributed by atoms with E-state index in [9.17, 15) is 0 Å². The molecule has 0 saturated heterocycles. The van der Waals surface area contributed by atoms with Crippen molar-refractivity contribution in [3.63, 3.8) is 0 Å². The van der Waals surface area contributed by atoms with Crippen LogP contribution in [0.1, 0.15) is 5.69 Å². The predicted octanol–water partition coefficient (Wildman–Crippen LogP) is 1.61. The Balaban J connectivity index is 1.91. The number of fused-ring (bicyclic) bond motifs is 1. The summed E-state index contributed by atoms with van der Waals surface area (Å²) in [5.74, 6) is 0.584. The van der Waals surface area contributed by atoms with Crippen LogP contribution in [0.15, 0.2) is 23.2 Å². The highest BCUT2D eigenvalue weighted by molar-refractivity contribution is 6.28. The lowest BCUT2D eigenvalue weighted by Crippen LogP contribution is -2.03. The van der Waals surface area contributed by atoms with Crippen molar-refractivity contribution in [2.24, 2.45) is 0 Å². The summed E-state index contributed by atoms with van der Waals surface area (Å²) in [7, 11) is 0. The van der Waals surface area contributed by atoms with Crippen LogP contribution in [-0.2, 0) is 6.54 Å². The van der Waals surface area contributed by atoms with E-state index in [-0.39, 0.29) is 5.28 Å². The lowest BCUT2D eigenvalue weighted by molar-refractivity contribution is 0.412. The quantitative estimate of drug-likeness (QED) is 0.686. The van der Waals surface area contributed by atoms with Crippen molar-refractivity contribution >= 4 is 28.6 Å². The summed E-state index contributed by atoms with van der Waals surface area (Å²) in [6.07, 6.45) is 3.05. The van der Waals surface area contributed by atoms with Crippen LogP contribution in [0.3, 0.4) is 0 Å². The van der Waals surface area contributed by atoms with Crippen LogP contribution >= 0.6 is 11.6 Å². The van der Waals surface area contributed by atoms with Crippen molar-refractivity contribution in [2.75, 3.05) is 5.32 Å². The molecule has 7 nitrogen and oxygen atoms in total. The molecule has 3 heterocycles. The second kappa shape index (κ2) is 4.02. The molecule has 0 aliphatic carbocycles. The Bertz CT molecular complexity index is 634. The third-order valence-corrected chi connectivity index (χ3v) is 2.36. The van der Waals surface area contributed by atoms with E-state index in [1.807, 2.05) is 0 Å². The van der Waals surface area contributed by atoms with Crippen LogP contribution in [0.2, 0.25) is 5.28 Å². The van der Waals surface area contributed by atoms with Gasteiger partial charge < -0.3 is 14.8 Å². The molecule has 0 aromatic carbocycles. The fraction of sp³-hybridized carbons (Fsp3) is 0.111. The SMILES string of the molecule is Clc1nc(NCc2ccon2)c2[nH]cnc2n1. The van der Waals surface area contributed by atoms with Crippen molar-refractivity contribution in [2.45, 2.75) is 6.54 Å². The molecule has 8 heteroatoms. The summed E-state index contributed by atoms with van der Waals surface area (Å²) in [5.41, 5.74) is 2.00. The van der Waals surface area contributed by atoms with Crippen molar-refractivity contribution < 1.29 is 4.52 Å². The van der Waals surface area contributed by atoms with Gasteiger partial charge in [-0.15, -0.1) is 0 Å². The second-order valence-corrected chi connectivity index (χ2v) is 3.62. The van der Waals surface area contributed by atoms with Gasteiger partial charge in [0.05, 0.1) is 12.9 Å². The number of hydrogen-bond acceptors (Lipinski definition) is 6. The van der Waals surface area contributed by atoms with E-state index in [1.54, 1.807) is 6.07 Å². The Labute approximate surface area is 100 Å². The standard InChI is InChI=1S/C9H7ClN6O/c10-9-14-7(6-8(15-9)13-4-12-6)11-3-5-1-2-17-16-5/h1-2,4H,3H2,(H2,11,12,13,14,15). The molecule has 3 rings (SSSR count). The Morgan fingerprint density at radius 2 is 2.35 bits per heavy atom. The fourth-order valence-electron chi connectivity index (χ4n) is 1.44. The lowest BCUT2D eigenvalue weighted by atomic mass is 10.4. The first-order valence-electron chi connectivity index (χ1n) is 4.82. The van der Waals surface area contributed by atoms with Crippen molar-refractivity contribution in [3.05, 3.63) is 29.6 Å². The zero-order chi connectivity index (χ0) is 11.7. The monoisotopic (exact) mass is 250 g/mol. The summed E-state index contributed by atoms with van der Waals surface area (Å²) in [4.78, 5) is 15.0. The third kappa shape index (κ3) is 1.92. The Kier molecular flexibility index (Phi) is 2.37. The molecular weight excluding hydrogens is 244 g/mol. The molecule has 0 bridgehead atoms. The highest BCUT2D eigenvalue weighted by Crippen LogP contribution is 2.18. The number of nitrogens with one attached hydrogen (secondary N) is 2. The molecule has 0 fully saturated rings. The number of rotatable bonds is 3. The van der Waals surface area contributed by atoms with E-state index in [4.69, 9.17) is 16.1 Å². The Hall–Kier alpha value is -2.15. The maximum atomic E-state index is 5.79. The van der Waals surface area contributed by atoms with Gasteiger partial charge in [0.15, 0.2) is 11.5 Å². The number of aromatic nitrogens is 5. The first-order valence-corrected chi connectivity index (χ1v) is 5.20. The summed E-state index contributed by atoms with van der Waals surface area (Å²) in [5, 5.41) is 7.02. The molecule has 86 valence electrons. The number of hydrogen-bond donors (Lipinski definition) is 2. The minimum absolute atomic E-state index is 0.146. The van der Waals surface area contributed by atoms with Crippen LogP contribution in [0, 0.1) is 0 Å². The summed E-state index contributed by atoms with van der Waals surface area (Å²) in [6.45, 7) is 0.484. The number of aromatic amines is 1. The zero-order valence-electron chi connectivity index (χ0n) is 8.51. The van der Waals surface area contributed by atoms with Crippen molar-refractivity contribution in [3.8, 4) is 0 Å². The van der Waals surface area contributed by atoms with E-state index in [1.165, 1.54) is 12.6 Å². The molecule has 0 saturated carbocycles. The highest BCUT2D eigenvalue weighted by atomic mass is 35.5. The van der Waals surface area contributed by atoms with E-state index < -0.39 is 0 Å². The van der Waals surface area contributed by atoms with Gasteiger partial charge >= 0.3 is 0 Å². The third-order valence-electron chi connectivity index (χ3n) is 2.19. The largest absolute Gasteiger partial charge is 0.364 e. The molecule has 0 spiro atoms. The van der Waals surface area contributed by atoms with Gasteiger partial charge in [0, 0.05) is 6.07 Å². The number of H-pyrrole nitrogens is 1. The van der Waals surface area contributed by atoms with Crippen molar-refractivity contribution in [1.29, 1.82) is 0 Å². The zero-order valence-corrected chi connectivity index (χ0v) is 9.27. The van der Waals surface area contributed by atoms with E-state index in [0.29, 0.717) is 23.5 Å². The van der Waals surface area contributed by atoms with E-state index >= 15 is 0 Å². The Morgan fingerprint density at radius 1 is 1.41 bits per heavy atom. The van der Waals surface area contributed by atoms with E-state index in [2.05, 4.69) is 30.4 Å². The average Bonchev–Trinajstić information content (AvgIpc) is 2.95. The number of imidazole rings is 1. The fourth-order valence-corrected chi connectivity index (χ4v) is 1.60.